The molecular formula is C16H16N4O. The SMILES string of the molecule is c1ccc(CCCOc2nnnn2-c2ccccc2)cc1. The van der Waals surface area contributed by atoms with Gasteiger partial charge in [-0.05, 0) is 41.0 Å². The third kappa shape index (κ3) is 3.45. The van der Waals surface area contributed by atoms with E-state index in [-0.39, 0.29) is 0 Å². The van der Waals surface area contributed by atoms with Gasteiger partial charge < -0.3 is 4.74 Å². The van der Waals surface area contributed by atoms with Crippen molar-refractivity contribution in [3.05, 3.63) is 66.2 Å². The molecular weight excluding hydrogens is 264 g/mol. The summed E-state index contributed by atoms with van der Waals surface area (Å²) >= 11 is 0. The molecule has 106 valence electrons. The molecule has 0 radical (unpaired) electrons. The minimum atomic E-state index is 0.425. The van der Waals surface area contributed by atoms with Gasteiger partial charge >= 0.3 is 6.01 Å². The minimum Gasteiger partial charge on any atom is -0.462 e. The highest BCUT2D eigenvalue weighted by Crippen LogP contribution is 2.13. The molecule has 1 aromatic heterocycles. The first kappa shape index (κ1) is 13.3. The number of para-hydroxylation sites is 1. The van der Waals surface area contributed by atoms with Gasteiger partial charge in [0.15, 0.2) is 0 Å². The summed E-state index contributed by atoms with van der Waals surface area (Å²) in [7, 11) is 0. The summed E-state index contributed by atoms with van der Waals surface area (Å²) in [5.41, 5.74) is 2.20. The molecule has 0 unspecified atom stereocenters. The monoisotopic (exact) mass is 280 g/mol. The lowest BCUT2D eigenvalue weighted by Gasteiger charge is -2.06. The Hall–Kier alpha value is -2.69. The molecule has 0 saturated carbocycles. The second kappa shape index (κ2) is 6.65. The standard InChI is InChI=1S/C16H16N4O/c1-3-8-14(9-4-1)10-7-13-21-16-17-18-19-20(16)15-11-5-2-6-12-15/h1-6,8-9,11-12H,7,10,13H2. The van der Waals surface area contributed by atoms with Crippen molar-refractivity contribution in [2.75, 3.05) is 6.61 Å². The van der Waals surface area contributed by atoms with Crippen LogP contribution in [0.15, 0.2) is 60.7 Å². The van der Waals surface area contributed by atoms with Crippen molar-refractivity contribution in [3.8, 4) is 11.7 Å². The van der Waals surface area contributed by atoms with Gasteiger partial charge in [0.25, 0.3) is 0 Å². The number of ether oxygens (including phenoxy) is 1. The fourth-order valence-corrected chi connectivity index (χ4v) is 2.08. The molecule has 0 saturated heterocycles. The number of nitrogens with zero attached hydrogens (tertiary/aromatic N) is 4. The van der Waals surface area contributed by atoms with Gasteiger partial charge in [0.2, 0.25) is 0 Å². The van der Waals surface area contributed by atoms with Gasteiger partial charge in [-0.25, -0.2) is 0 Å². The van der Waals surface area contributed by atoms with Crippen molar-refractivity contribution in [2.24, 2.45) is 0 Å². The molecule has 0 aliphatic rings. The Kier molecular flexibility index (Phi) is 4.21. The number of tetrazole rings is 1. The van der Waals surface area contributed by atoms with Crippen LogP contribution in [0.1, 0.15) is 12.0 Å². The van der Waals surface area contributed by atoms with Crippen LogP contribution in [0, 0.1) is 0 Å². The third-order valence-electron chi connectivity index (χ3n) is 3.13. The molecule has 5 nitrogen and oxygen atoms in total. The molecule has 3 aromatic rings. The van der Waals surface area contributed by atoms with E-state index in [1.54, 1.807) is 4.68 Å². The number of hydrogen-bond donors (Lipinski definition) is 0. The zero-order chi connectivity index (χ0) is 14.3. The van der Waals surface area contributed by atoms with Crippen LogP contribution in [-0.2, 0) is 6.42 Å². The summed E-state index contributed by atoms with van der Waals surface area (Å²) in [6, 6.07) is 20.5. The van der Waals surface area contributed by atoms with Crippen LogP contribution in [0.4, 0.5) is 0 Å². The van der Waals surface area contributed by atoms with E-state index in [0.29, 0.717) is 12.6 Å². The highest BCUT2D eigenvalue weighted by Gasteiger charge is 2.08. The van der Waals surface area contributed by atoms with Crippen molar-refractivity contribution in [1.29, 1.82) is 0 Å². The molecule has 2 aromatic carbocycles. The molecule has 0 aliphatic carbocycles. The Labute approximate surface area is 123 Å². The van der Waals surface area contributed by atoms with E-state index < -0.39 is 0 Å². The number of rotatable bonds is 6. The first-order chi connectivity index (χ1) is 10.4. The second-order valence-corrected chi connectivity index (χ2v) is 4.65. The van der Waals surface area contributed by atoms with Gasteiger partial charge in [0.1, 0.15) is 0 Å². The first-order valence-corrected chi connectivity index (χ1v) is 6.94. The smallest absolute Gasteiger partial charge is 0.340 e. The molecule has 1 heterocycles. The number of aromatic nitrogens is 4. The summed E-state index contributed by atoms with van der Waals surface area (Å²) in [6.45, 7) is 0.585. The van der Waals surface area contributed by atoms with Crippen LogP contribution < -0.4 is 4.74 Å². The number of benzene rings is 2. The van der Waals surface area contributed by atoms with Gasteiger partial charge in [-0.3, -0.25) is 0 Å². The zero-order valence-electron chi connectivity index (χ0n) is 11.6. The molecule has 0 bridgehead atoms. The lowest BCUT2D eigenvalue weighted by molar-refractivity contribution is 0.279. The predicted molar refractivity (Wildman–Crippen MR) is 79.4 cm³/mol. The lowest BCUT2D eigenvalue weighted by Crippen LogP contribution is -2.06. The van der Waals surface area contributed by atoms with Gasteiger partial charge in [0, 0.05) is 0 Å². The molecule has 0 spiro atoms. The zero-order valence-corrected chi connectivity index (χ0v) is 11.6. The van der Waals surface area contributed by atoms with Crippen LogP contribution in [0.5, 0.6) is 6.01 Å². The Balaban J connectivity index is 1.56. The minimum absolute atomic E-state index is 0.425. The fraction of sp³-hybridized carbons (Fsp3) is 0.188. The van der Waals surface area contributed by atoms with Crippen LogP contribution in [0.2, 0.25) is 0 Å². The average molecular weight is 280 g/mol. The number of aryl methyl sites for hydroxylation is 1. The largest absolute Gasteiger partial charge is 0.462 e. The molecule has 0 N–H and O–H groups in total. The van der Waals surface area contributed by atoms with E-state index in [1.807, 2.05) is 48.5 Å². The van der Waals surface area contributed by atoms with E-state index in [1.165, 1.54) is 5.56 Å². The highest BCUT2D eigenvalue weighted by molar-refractivity contribution is 5.31. The van der Waals surface area contributed by atoms with Crippen LogP contribution in [-0.4, -0.2) is 26.8 Å². The average Bonchev–Trinajstić information content (AvgIpc) is 3.02. The van der Waals surface area contributed by atoms with Crippen molar-refractivity contribution in [3.63, 3.8) is 0 Å². The summed E-state index contributed by atoms with van der Waals surface area (Å²) < 4.78 is 7.28. The Morgan fingerprint density at radius 1 is 0.905 bits per heavy atom. The normalized spacial score (nSPS) is 10.5. The Morgan fingerprint density at radius 3 is 2.38 bits per heavy atom. The maximum atomic E-state index is 5.68. The molecule has 0 amide bonds. The maximum absolute atomic E-state index is 5.68. The highest BCUT2D eigenvalue weighted by atomic mass is 16.5. The van der Waals surface area contributed by atoms with Crippen LogP contribution in [0.3, 0.4) is 0 Å². The first-order valence-electron chi connectivity index (χ1n) is 6.94. The topological polar surface area (TPSA) is 52.8 Å². The predicted octanol–water partition coefficient (Wildman–Crippen LogP) is 2.67. The second-order valence-electron chi connectivity index (χ2n) is 4.65. The summed E-state index contributed by atoms with van der Waals surface area (Å²) in [5, 5.41) is 11.5. The van der Waals surface area contributed by atoms with E-state index in [9.17, 15) is 0 Å². The van der Waals surface area contributed by atoms with Gasteiger partial charge in [0.05, 0.1) is 12.3 Å². The van der Waals surface area contributed by atoms with Gasteiger partial charge in [-0.15, -0.1) is 0 Å². The van der Waals surface area contributed by atoms with E-state index in [0.717, 1.165) is 18.5 Å². The Morgan fingerprint density at radius 2 is 1.62 bits per heavy atom. The van der Waals surface area contributed by atoms with Crippen molar-refractivity contribution in [2.45, 2.75) is 12.8 Å². The molecule has 0 atom stereocenters. The van der Waals surface area contributed by atoms with Crippen LogP contribution >= 0.6 is 0 Å². The van der Waals surface area contributed by atoms with Crippen LogP contribution in [0.25, 0.3) is 5.69 Å². The third-order valence-corrected chi connectivity index (χ3v) is 3.13. The van der Waals surface area contributed by atoms with E-state index in [4.69, 9.17) is 4.74 Å². The Bertz CT molecular complexity index is 667. The van der Waals surface area contributed by atoms with E-state index >= 15 is 0 Å². The molecule has 0 aliphatic heterocycles. The number of hydrogen-bond acceptors (Lipinski definition) is 4. The molecule has 0 fully saturated rings. The summed E-state index contributed by atoms with van der Waals surface area (Å²) in [6.07, 6.45) is 1.90. The molecule has 3 rings (SSSR count). The molecule has 21 heavy (non-hydrogen) atoms. The van der Waals surface area contributed by atoms with Gasteiger partial charge in [-0.1, -0.05) is 53.6 Å². The van der Waals surface area contributed by atoms with Crippen molar-refractivity contribution in [1.82, 2.24) is 20.2 Å². The summed E-state index contributed by atoms with van der Waals surface area (Å²) in [4.78, 5) is 0. The van der Waals surface area contributed by atoms with E-state index in [2.05, 4.69) is 27.7 Å². The van der Waals surface area contributed by atoms with Crippen molar-refractivity contribution < 1.29 is 4.74 Å². The van der Waals surface area contributed by atoms with Crippen molar-refractivity contribution >= 4 is 0 Å². The maximum Gasteiger partial charge on any atom is 0.340 e. The summed E-state index contributed by atoms with van der Waals surface area (Å²) in [5.74, 6) is 0. The molecule has 5 heteroatoms. The fourth-order valence-electron chi connectivity index (χ4n) is 2.08. The lowest BCUT2D eigenvalue weighted by atomic mass is 10.1. The van der Waals surface area contributed by atoms with Gasteiger partial charge in [-0.2, -0.15) is 4.68 Å². The quantitative estimate of drug-likeness (QED) is 0.651.